The van der Waals surface area contributed by atoms with Crippen molar-refractivity contribution in [3.05, 3.63) is 22.7 Å². The van der Waals surface area contributed by atoms with E-state index in [1.165, 1.54) is 0 Å². The third-order valence-electron chi connectivity index (χ3n) is 2.06. The lowest BCUT2D eigenvalue weighted by atomic mass is 9.79. The van der Waals surface area contributed by atoms with E-state index in [-0.39, 0.29) is 0 Å². The molecule has 70 valence electrons. The van der Waals surface area contributed by atoms with E-state index in [9.17, 15) is 5.02 Å². The number of halogens is 1. The molecule has 0 radical (unpaired) electrons. The maximum absolute atomic E-state index is 9.46. The van der Waals surface area contributed by atoms with Crippen LogP contribution in [0.15, 0.2) is 17.1 Å². The number of thiocarbonyl (C=S) groups is 1. The molecule has 0 unspecified atom stereocenters. The second kappa shape index (κ2) is 3.81. The molecule has 1 aromatic carbocycles. The van der Waals surface area contributed by atoms with Gasteiger partial charge in [-0.15, -0.1) is 0 Å². The first kappa shape index (κ1) is 9.83. The van der Waals surface area contributed by atoms with Gasteiger partial charge in [-0.3, -0.25) is 0 Å². The van der Waals surface area contributed by atoms with Crippen LogP contribution in [0.25, 0.3) is 0 Å². The van der Waals surface area contributed by atoms with E-state index in [0.29, 0.717) is 22.8 Å². The number of isothiocyanates is 1. The average Bonchev–Trinajstić information content (AvgIpc) is 2.54. The first-order chi connectivity index (χ1) is 6.74. The third kappa shape index (κ3) is 1.50. The van der Waals surface area contributed by atoms with Gasteiger partial charge in [0.2, 0.25) is 0 Å². The second-order valence-electron chi connectivity index (χ2n) is 2.84. The molecule has 1 aromatic rings. The second-order valence-corrected chi connectivity index (χ2v) is 3.40. The maximum atomic E-state index is 9.46. The van der Waals surface area contributed by atoms with Crippen LogP contribution in [0, 0.1) is 0 Å². The first-order valence-corrected chi connectivity index (χ1v) is 4.71. The average molecular weight is 225 g/mol. The van der Waals surface area contributed by atoms with E-state index >= 15 is 0 Å². The Morgan fingerprint density at radius 1 is 1.64 bits per heavy atom. The van der Waals surface area contributed by atoms with Crippen molar-refractivity contribution in [1.29, 1.82) is 0 Å². The molecule has 0 spiro atoms. The van der Waals surface area contributed by atoms with Crippen LogP contribution >= 0.6 is 23.8 Å². The molecular formula is C8H5BClNO2S. The molecule has 14 heavy (non-hydrogen) atoms. The summed E-state index contributed by atoms with van der Waals surface area (Å²) < 4.78 is 5.02. The highest BCUT2D eigenvalue weighted by Gasteiger charge is 2.30. The molecule has 0 aromatic heterocycles. The molecule has 3 nitrogen and oxygen atoms in total. The van der Waals surface area contributed by atoms with Gasteiger partial charge in [0.15, 0.2) is 0 Å². The van der Waals surface area contributed by atoms with Crippen molar-refractivity contribution in [2.24, 2.45) is 4.99 Å². The van der Waals surface area contributed by atoms with Crippen molar-refractivity contribution >= 4 is 47.2 Å². The predicted molar refractivity (Wildman–Crippen MR) is 58.5 cm³/mol. The number of aliphatic imine (C=N–C) groups is 1. The standard InChI is InChI=1S/C8H5BClNO2S/c10-8-6(11-4-14)2-1-5-3-13-9(12)7(5)8/h1-2,12H,3H2. The fraction of sp³-hybridized carbons (Fsp3) is 0.125. The van der Waals surface area contributed by atoms with Gasteiger partial charge in [0.25, 0.3) is 0 Å². The summed E-state index contributed by atoms with van der Waals surface area (Å²) in [5.74, 6) is 0. The Bertz CT molecular complexity index is 434. The van der Waals surface area contributed by atoms with Crippen LogP contribution < -0.4 is 5.46 Å². The minimum Gasteiger partial charge on any atom is -0.423 e. The van der Waals surface area contributed by atoms with Gasteiger partial charge in [-0.1, -0.05) is 17.7 Å². The Hall–Kier alpha value is -0.705. The van der Waals surface area contributed by atoms with Crippen LogP contribution in [0.5, 0.6) is 0 Å². The Labute approximate surface area is 91.5 Å². The smallest absolute Gasteiger partial charge is 0.423 e. The van der Waals surface area contributed by atoms with E-state index in [2.05, 4.69) is 22.4 Å². The first-order valence-electron chi connectivity index (χ1n) is 3.93. The number of nitrogens with zero attached hydrogens (tertiary/aromatic N) is 1. The van der Waals surface area contributed by atoms with Crippen LogP contribution in [0.4, 0.5) is 5.69 Å². The maximum Gasteiger partial charge on any atom is 0.493 e. The van der Waals surface area contributed by atoms with Gasteiger partial charge in [-0.2, -0.15) is 4.99 Å². The number of fused-ring (bicyclic) bond motifs is 1. The number of hydrogen-bond donors (Lipinski definition) is 1. The SMILES string of the molecule is OB1OCc2ccc(N=C=S)c(Cl)c21. The van der Waals surface area contributed by atoms with E-state index in [1.807, 2.05) is 6.07 Å². The minimum atomic E-state index is -0.960. The van der Waals surface area contributed by atoms with E-state index < -0.39 is 7.12 Å². The molecule has 0 amide bonds. The molecule has 0 aliphatic carbocycles. The number of rotatable bonds is 1. The van der Waals surface area contributed by atoms with Crippen molar-refractivity contribution in [3.8, 4) is 0 Å². The fourth-order valence-electron chi connectivity index (χ4n) is 1.40. The van der Waals surface area contributed by atoms with Crippen molar-refractivity contribution < 1.29 is 9.68 Å². The molecule has 0 atom stereocenters. The summed E-state index contributed by atoms with van der Waals surface area (Å²) in [4.78, 5) is 3.78. The third-order valence-corrected chi connectivity index (χ3v) is 2.55. The molecule has 1 heterocycles. The summed E-state index contributed by atoms with van der Waals surface area (Å²) >= 11 is 10.5. The molecule has 1 aliphatic rings. The predicted octanol–water partition coefficient (Wildman–Crippen LogP) is 1.29. The van der Waals surface area contributed by atoms with Crippen LogP contribution in [0.1, 0.15) is 5.56 Å². The summed E-state index contributed by atoms with van der Waals surface area (Å²) in [5, 5.41) is 12.1. The molecule has 0 fully saturated rings. The zero-order valence-corrected chi connectivity index (χ0v) is 8.60. The lowest BCUT2D eigenvalue weighted by molar-refractivity contribution is 0.275. The van der Waals surface area contributed by atoms with Gasteiger partial charge in [-0.05, 0) is 23.8 Å². The topological polar surface area (TPSA) is 41.8 Å². The highest BCUT2D eigenvalue weighted by atomic mass is 35.5. The van der Waals surface area contributed by atoms with Crippen LogP contribution in [-0.4, -0.2) is 17.3 Å². The summed E-state index contributed by atoms with van der Waals surface area (Å²) in [5.41, 5.74) is 1.97. The number of benzene rings is 1. The van der Waals surface area contributed by atoms with Gasteiger partial charge in [-0.25, -0.2) is 0 Å². The van der Waals surface area contributed by atoms with Gasteiger partial charge >= 0.3 is 7.12 Å². The normalized spacial score (nSPS) is 13.7. The minimum absolute atomic E-state index is 0.373. The molecule has 1 aliphatic heterocycles. The van der Waals surface area contributed by atoms with Gasteiger partial charge in [0.1, 0.15) is 0 Å². The lowest BCUT2D eigenvalue weighted by Crippen LogP contribution is -2.29. The molecule has 0 saturated carbocycles. The molecule has 1 N–H and O–H groups in total. The molecule has 0 bridgehead atoms. The van der Waals surface area contributed by atoms with Crippen LogP contribution in [0.3, 0.4) is 0 Å². The highest BCUT2D eigenvalue weighted by molar-refractivity contribution is 7.78. The summed E-state index contributed by atoms with van der Waals surface area (Å²) in [6, 6.07) is 3.53. The molecule has 2 rings (SSSR count). The van der Waals surface area contributed by atoms with Crippen molar-refractivity contribution in [3.63, 3.8) is 0 Å². The number of hydrogen-bond acceptors (Lipinski definition) is 4. The summed E-state index contributed by atoms with van der Waals surface area (Å²) in [6.45, 7) is 0.373. The van der Waals surface area contributed by atoms with Crippen LogP contribution in [0.2, 0.25) is 5.02 Å². The van der Waals surface area contributed by atoms with Gasteiger partial charge in [0.05, 0.1) is 22.5 Å². The fourth-order valence-corrected chi connectivity index (χ4v) is 1.82. The van der Waals surface area contributed by atoms with Gasteiger partial charge in [0, 0.05) is 5.46 Å². The Morgan fingerprint density at radius 3 is 3.14 bits per heavy atom. The van der Waals surface area contributed by atoms with Crippen molar-refractivity contribution in [1.82, 2.24) is 0 Å². The summed E-state index contributed by atoms with van der Waals surface area (Å²) in [6.07, 6.45) is 0. The van der Waals surface area contributed by atoms with Gasteiger partial charge < -0.3 is 9.68 Å². The lowest BCUT2D eigenvalue weighted by Gasteiger charge is -2.03. The molecule has 6 heteroatoms. The zero-order valence-electron chi connectivity index (χ0n) is 7.03. The Kier molecular flexibility index (Phi) is 2.68. The van der Waals surface area contributed by atoms with E-state index in [4.69, 9.17) is 16.3 Å². The Morgan fingerprint density at radius 2 is 2.43 bits per heavy atom. The van der Waals surface area contributed by atoms with E-state index in [1.54, 1.807) is 6.07 Å². The summed E-state index contributed by atoms with van der Waals surface area (Å²) in [7, 11) is -0.960. The monoisotopic (exact) mass is 225 g/mol. The highest BCUT2D eigenvalue weighted by Crippen LogP contribution is 2.26. The van der Waals surface area contributed by atoms with E-state index in [0.717, 1.165) is 5.56 Å². The largest absolute Gasteiger partial charge is 0.493 e. The van der Waals surface area contributed by atoms with Crippen LogP contribution in [-0.2, 0) is 11.3 Å². The zero-order chi connectivity index (χ0) is 10.1. The molecular weight excluding hydrogens is 220 g/mol. The molecule has 0 saturated heterocycles. The van der Waals surface area contributed by atoms with Crippen molar-refractivity contribution in [2.45, 2.75) is 6.61 Å². The Balaban J connectivity index is 2.61. The quantitative estimate of drug-likeness (QED) is 0.445. The van der Waals surface area contributed by atoms with Crippen molar-refractivity contribution in [2.75, 3.05) is 0 Å².